The van der Waals surface area contributed by atoms with E-state index in [0.717, 1.165) is 37.4 Å². The van der Waals surface area contributed by atoms with Crippen molar-refractivity contribution in [2.45, 2.75) is 57.5 Å². The van der Waals surface area contributed by atoms with E-state index in [-0.39, 0.29) is 17.5 Å². The number of halogens is 1. The quantitative estimate of drug-likeness (QED) is 0.232. The van der Waals surface area contributed by atoms with Gasteiger partial charge in [0.15, 0.2) is 28.9 Å². The van der Waals surface area contributed by atoms with Crippen molar-refractivity contribution in [1.82, 2.24) is 0 Å². The van der Waals surface area contributed by atoms with Crippen molar-refractivity contribution in [2.75, 3.05) is 11.5 Å². The number of carbonyl (C=O) groups excluding carboxylic acids is 5. The van der Waals surface area contributed by atoms with Gasteiger partial charge in [0.2, 0.25) is 0 Å². The lowest BCUT2D eigenvalue weighted by Crippen LogP contribution is -2.61. The summed E-state index contributed by atoms with van der Waals surface area (Å²) in [5, 5.41) is 2.46. The lowest BCUT2D eigenvalue weighted by Gasteiger charge is -2.44. The smallest absolute Gasteiger partial charge is 0.303 e. The summed E-state index contributed by atoms with van der Waals surface area (Å²) in [7, 11) is 0. The third-order valence-electron chi connectivity index (χ3n) is 5.91. The Balaban J connectivity index is 1.78. The molecule has 0 spiro atoms. The Morgan fingerprint density at radius 1 is 0.953 bits per heavy atom. The first-order valence-electron chi connectivity index (χ1n) is 12.8. The number of esters is 4. The number of rotatable bonds is 8. The van der Waals surface area contributed by atoms with Gasteiger partial charge in [0.25, 0.3) is 5.91 Å². The normalized spacial score (nSPS) is 24.3. The van der Waals surface area contributed by atoms with Gasteiger partial charge in [-0.1, -0.05) is 29.4 Å². The van der Waals surface area contributed by atoms with Gasteiger partial charge in [0.1, 0.15) is 18.4 Å². The van der Waals surface area contributed by atoms with Crippen LogP contribution in [-0.4, -0.2) is 71.4 Å². The van der Waals surface area contributed by atoms with Gasteiger partial charge in [-0.05, 0) is 41.8 Å². The summed E-state index contributed by atoms with van der Waals surface area (Å²) in [5.74, 6) is -3.32. The fourth-order valence-corrected chi connectivity index (χ4v) is 6.26. The molecular formula is C28H27ClN2O10S2. The summed E-state index contributed by atoms with van der Waals surface area (Å²) >= 11 is 8.41. The highest BCUT2D eigenvalue weighted by Gasteiger charge is 2.53. The third kappa shape index (κ3) is 8.22. The highest BCUT2D eigenvalue weighted by atomic mass is 35.5. The molecule has 2 aromatic rings. The first-order chi connectivity index (χ1) is 20.4. The van der Waals surface area contributed by atoms with Crippen LogP contribution in [0.25, 0.3) is 6.08 Å². The minimum absolute atomic E-state index is 0.130. The van der Waals surface area contributed by atoms with Crippen LogP contribution in [0.5, 0.6) is 0 Å². The second kappa shape index (κ2) is 14.2. The topological polar surface area (TPSA) is 147 Å². The Morgan fingerprint density at radius 3 is 2.16 bits per heavy atom. The van der Waals surface area contributed by atoms with E-state index in [2.05, 4.69) is 4.99 Å². The fourth-order valence-electron chi connectivity index (χ4n) is 4.29. The molecule has 4 rings (SSSR count). The fraction of sp³-hybridized carbons (Fsp3) is 0.357. The van der Waals surface area contributed by atoms with Crippen molar-refractivity contribution in [1.29, 1.82) is 0 Å². The number of nitrogens with zero attached hydrogens (tertiary/aromatic N) is 2. The number of hydrogen-bond donors (Lipinski definition) is 0. The zero-order chi connectivity index (χ0) is 31.3. The molecule has 1 amide bonds. The van der Waals surface area contributed by atoms with Crippen LogP contribution >= 0.6 is 34.7 Å². The summed E-state index contributed by atoms with van der Waals surface area (Å²) < 4.78 is 27.8. The zero-order valence-corrected chi connectivity index (χ0v) is 25.8. The van der Waals surface area contributed by atoms with Crippen molar-refractivity contribution in [2.24, 2.45) is 4.99 Å². The number of thioether (sulfide) groups is 1. The van der Waals surface area contributed by atoms with Gasteiger partial charge in [-0.15, -0.1) is 11.3 Å². The van der Waals surface area contributed by atoms with E-state index in [1.54, 1.807) is 30.3 Å². The van der Waals surface area contributed by atoms with Crippen LogP contribution in [-0.2, 0) is 47.7 Å². The molecule has 1 fully saturated rings. The van der Waals surface area contributed by atoms with E-state index in [4.69, 9.17) is 35.3 Å². The largest absolute Gasteiger partial charge is 0.463 e. The Bertz CT molecular complexity index is 1440. The molecule has 43 heavy (non-hydrogen) atoms. The minimum Gasteiger partial charge on any atom is -0.463 e. The molecule has 0 radical (unpaired) electrons. The molecular weight excluding hydrogens is 624 g/mol. The van der Waals surface area contributed by atoms with Gasteiger partial charge in [-0.3, -0.25) is 28.9 Å². The van der Waals surface area contributed by atoms with E-state index >= 15 is 0 Å². The van der Waals surface area contributed by atoms with Crippen LogP contribution in [0.2, 0.25) is 5.02 Å². The van der Waals surface area contributed by atoms with Crippen molar-refractivity contribution in [3.63, 3.8) is 0 Å². The lowest BCUT2D eigenvalue weighted by molar-refractivity contribution is -0.237. The maximum atomic E-state index is 13.6. The molecule has 0 N–H and O–H groups in total. The third-order valence-corrected chi connectivity index (χ3v) is 8.07. The van der Waals surface area contributed by atoms with Crippen molar-refractivity contribution >= 4 is 81.4 Å². The summed E-state index contributed by atoms with van der Waals surface area (Å²) in [6, 6.07) is 10.2. The molecule has 2 aliphatic heterocycles. The van der Waals surface area contributed by atoms with E-state index in [0.29, 0.717) is 10.7 Å². The molecule has 2 aliphatic rings. The molecule has 1 saturated heterocycles. The first-order valence-corrected chi connectivity index (χ1v) is 15.0. The van der Waals surface area contributed by atoms with E-state index < -0.39 is 59.6 Å². The Hall–Kier alpha value is -3.72. The summed E-state index contributed by atoms with van der Waals surface area (Å²) in [4.78, 5) is 68.4. The average molecular weight is 651 g/mol. The number of amides is 1. The Morgan fingerprint density at radius 2 is 1.58 bits per heavy atom. The second-order valence-corrected chi connectivity index (χ2v) is 11.7. The number of hydrogen-bond acceptors (Lipinski definition) is 13. The molecule has 0 saturated carbocycles. The summed E-state index contributed by atoms with van der Waals surface area (Å²) in [6.45, 7) is 4.23. The molecule has 0 unspecified atom stereocenters. The lowest BCUT2D eigenvalue weighted by atomic mass is 9.99. The van der Waals surface area contributed by atoms with Crippen molar-refractivity contribution < 1.29 is 47.7 Å². The summed E-state index contributed by atoms with van der Waals surface area (Å²) in [6.07, 6.45) is -3.52. The highest BCUT2D eigenvalue weighted by molar-refractivity contribution is 8.14. The predicted octanol–water partition coefficient (Wildman–Crippen LogP) is 3.96. The van der Waals surface area contributed by atoms with E-state index in [1.165, 1.54) is 23.2 Å². The number of thiophene rings is 1. The van der Waals surface area contributed by atoms with E-state index in [1.807, 2.05) is 17.5 Å². The monoisotopic (exact) mass is 650 g/mol. The van der Waals surface area contributed by atoms with Crippen LogP contribution < -0.4 is 4.90 Å². The Kier molecular flexibility index (Phi) is 10.6. The molecule has 3 heterocycles. The number of carbonyl (C=O) groups is 5. The maximum absolute atomic E-state index is 13.6. The maximum Gasteiger partial charge on any atom is 0.303 e. The number of benzene rings is 1. The van der Waals surface area contributed by atoms with Gasteiger partial charge in [-0.25, -0.2) is 4.99 Å². The van der Waals surface area contributed by atoms with Crippen LogP contribution in [0, 0.1) is 0 Å². The van der Waals surface area contributed by atoms with Gasteiger partial charge >= 0.3 is 23.9 Å². The van der Waals surface area contributed by atoms with E-state index in [9.17, 15) is 24.0 Å². The van der Waals surface area contributed by atoms with Crippen LogP contribution in [0.1, 0.15) is 32.6 Å². The number of amidine groups is 1. The van der Waals surface area contributed by atoms with Crippen LogP contribution in [0.15, 0.2) is 52.5 Å². The number of anilines is 1. The molecule has 0 bridgehead atoms. The predicted molar refractivity (Wildman–Crippen MR) is 158 cm³/mol. The SMILES string of the molecule is CC(=O)OC[C@H]1O[C@@H](SC2=NC(=Cc3cccs3)C(=O)N2c2ccc(Cl)cc2)[C@H](OC(C)=O)[C@@H](OC(C)=O)[C@@H]1OC(C)=O. The van der Waals surface area contributed by atoms with Gasteiger partial charge < -0.3 is 23.7 Å². The highest BCUT2D eigenvalue weighted by Crippen LogP contribution is 2.39. The molecule has 1 aromatic heterocycles. The standard InChI is InChI=1S/C28H27ClN2O10S2/c1-14(32)37-13-22-23(38-15(2)33)24(39-16(3)34)25(40-17(4)35)27(41-22)43-28-30-21(12-20-6-5-11-42-20)26(36)31(28)19-9-7-18(29)8-10-19/h5-12,22-25,27H,13H2,1-4H3/t22-,23-,24+,25-,27+/m1/s1. The number of ether oxygens (including phenoxy) is 5. The van der Waals surface area contributed by atoms with Crippen molar-refractivity contribution in [3.8, 4) is 0 Å². The molecule has 5 atom stereocenters. The summed E-state index contributed by atoms with van der Waals surface area (Å²) in [5.41, 5.74) is -0.602. The van der Waals surface area contributed by atoms with Crippen molar-refractivity contribution in [3.05, 3.63) is 57.4 Å². The first kappa shape index (κ1) is 32.2. The molecule has 228 valence electrons. The average Bonchev–Trinajstić information content (AvgIpc) is 3.54. The van der Waals surface area contributed by atoms with Gasteiger partial charge in [0, 0.05) is 37.6 Å². The molecule has 0 aliphatic carbocycles. The number of aliphatic imine (C=N–C) groups is 1. The zero-order valence-electron chi connectivity index (χ0n) is 23.4. The van der Waals surface area contributed by atoms with Gasteiger partial charge in [0.05, 0.1) is 5.69 Å². The van der Waals surface area contributed by atoms with Gasteiger partial charge in [-0.2, -0.15) is 0 Å². The van der Waals surface area contributed by atoms with Crippen LogP contribution in [0.4, 0.5) is 5.69 Å². The minimum atomic E-state index is -1.36. The second-order valence-electron chi connectivity index (χ2n) is 9.24. The molecule has 12 nitrogen and oxygen atoms in total. The Labute approximate surface area is 259 Å². The van der Waals surface area contributed by atoms with Crippen LogP contribution in [0.3, 0.4) is 0 Å². The molecule has 15 heteroatoms. The molecule has 1 aromatic carbocycles.